The number of aromatic nitrogens is 3. The number of hydrogen-bond acceptors (Lipinski definition) is 2. The molecule has 0 saturated carbocycles. The summed E-state index contributed by atoms with van der Waals surface area (Å²) in [7, 11) is 1.53. The van der Waals surface area contributed by atoms with E-state index in [-0.39, 0.29) is 12.1 Å². The van der Waals surface area contributed by atoms with Gasteiger partial charge in [0.2, 0.25) is 0 Å². The average molecular weight is 261 g/mol. The van der Waals surface area contributed by atoms with Gasteiger partial charge >= 0.3 is 0 Å². The van der Waals surface area contributed by atoms with Crippen LogP contribution in [-0.2, 0) is 19.4 Å². The predicted octanol–water partition coefficient (Wildman–Crippen LogP) is 4.08. The fourth-order valence-corrected chi connectivity index (χ4v) is 1.95. The second-order valence-corrected chi connectivity index (χ2v) is 3.77. The summed E-state index contributed by atoms with van der Waals surface area (Å²) in [6.07, 6.45) is 2.91. The molecule has 0 spiro atoms. The Labute approximate surface area is 109 Å². The summed E-state index contributed by atoms with van der Waals surface area (Å²) in [5, 5.41) is 7.45. The number of alkyl halides is 2. The highest BCUT2D eigenvalue weighted by Crippen LogP contribution is 2.36. The molecule has 0 amide bonds. The van der Waals surface area contributed by atoms with Crippen molar-refractivity contribution in [2.45, 2.75) is 65.7 Å². The fraction of sp³-hybridized carbons (Fsp3) is 0.846. The van der Waals surface area contributed by atoms with Crippen LogP contribution in [0.15, 0.2) is 0 Å². The van der Waals surface area contributed by atoms with Crippen molar-refractivity contribution < 1.29 is 8.78 Å². The van der Waals surface area contributed by atoms with Gasteiger partial charge in [-0.1, -0.05) is 39.3 Å². The first-order valence-corrected chi connectivity index (χ1v) is 6.88. The second kappa shape index (κ2) is 8.16. The quantitative estimate of drug-likeness (QED) is 0.704. The molecule has 106 valence electrons. The molecule has 0 saturated heterocycles. The normalized spacial score (nSPS) is 17.1. The zero-order chi connectivity index (χ0) is 14.2. The Kier molecular flexibility index (Phi) is 7.71. The van der Waals surface area contributed by atoms with Gasteiger partial charge in [0.15, 0.2) is 0 Å². The first-order chi connectivity index (χ1) is 8.61. The first-order valence-electron chi connectivity index (χ1n) is 6.88. The third-order valence-corrected chi connectivity index (χ3v) is 2.65. The molecule has 0 aliphatic heterocycles. The molecule has 0 N–H and O–H groups in total. The lowest BCUT2D eigenvalue weighted by Gasteiger charge is -2.19. The molecule has 0 aromatic carbocycles. The van der Waals surface area contributed by atoms with Crippen LogP contribution >= 0.6 is 0 Å². The Hall–Kier alpha value is -1.00. The molecule has 0 fully saturated rings. The lowest BCUT2D eigenvalue weighted by atomic mass is 9.98. The van der Waals surface area contributed by atoms with Crippen LogP contribution in [0.5, 0.6) is 0 Å². The van der Waals surface area contributed by atoms with Crippen LogP contribution in [0.2, 0.25) is 0 Å². The van der Waals surface area contributed by atoms with E-state index < -0.39 is 5.92 Å². The van der Waals surface area contributed by atoms with E-state index in [0.29, 0.717) is 18.5 Å². The van der Waals surface area contributed by atoms with Crippen LogP contribution in [0.3, 0.4) is 0 Å². The third-order valence-electron chi connectivity index (χ3n) is 2.65. The molecule has 1 aromatic heterocycles. The van der Waals surface area contributed by atoms with Gasteiger partial charge in [-0.15, -0.1) is 5.10 Å². The van der Waals surface area contributed by atoms with E-state index in [2.05, 4.69) is 10.3 Å². The minimum absolute atomic E-state index is 0.0113. The van der Waals surface area contributed by atoms with Crippen molar-refractivity contribution in [3.8, 4) is 0 Å². The largest absolute Gasteiger partial charge is 0.291 e. The molecule has 18 heavy (non-hydrogen) atoms. The second-order valence-electron chi connectivity index (χ2n) is 3.77. The number of nitrogens with zero attached hydrogens (tertiary/aromatic N) is 3. The van der Waals surface area contributed by atoms with Crippen molar-refractivity contribution in [1.82, 2.24) is 15.0 Å². The van der Waals surface area contributed by atoms with Gasteiger partial charge in [0.1, 0.15) is 5.69 Å². The lowest BCUT2D eigenvalue weighted by Crippen LogP contribution is -2.21. The van der Waals surface area contributed by atoms with Crippen molar-refractivity contribution in [2.75, 3.05) is 0 Å². The van der Waals surface area contributed by atoms with E-state index >= 15 is 0 Å². The van der Waals surface area contributed by atoms with Crippen molar-refractivity contribution in [3.05, 3.63) is 11.4 Å². The van der Waals surface area contributed by atoms with Gasteiger partial charge in [-0.25, -0.2) is 4.68 Å². The Bertz CT molecular complexity index is 335. The first kappa shape index (κ1) is 17.0. The summed E-state index contributed by atoms with van der Waals surface area (Å²) in [5.74, 6) is -2.76. The molecule has 3 nitrogen and oxygen atoms in total. The highest BCUT2D eigenvalue weighted by Gasteiger charge is 2.38. The van der Waals surface area contributed by atoms with E-state index in [1.165, 1.54) is 11.7 Å². The topological polar surface area (TPSA) is 30.7 Å². The van der Waals surface area contributed by atoms with Gasteiger partial charge in [0.05, 0.1) is 5.69 Å². The van der Waals surface area contributed by atoms with Gasteiger partial charge in [-0.2, -0.15) is 8.78 Å². The maximum absolute atomic E-state index is 13.6. The van der Waals surface area contributed by atoms with Gasteiger partial charge in [-0.05, 0) is 19.3 Å². The fourth-order valence-electron chi connectivity index (χ4n) is 1.95. The van der Waals surface area contributed by atoms with Crippen molar-refractivity contribution in [2.24, 2.45) is 7.05 Å². The van der Waals surface area contributed by atoms with Gasteiger partial charge in [-0.3, -0.25) is 0 Å². The van der Waals surface area contributed by atoms with Crippen molar-refractivity contribution >= 4 is 0 Å². The molecular weight excluding hydrogens is 236 g/mol. The van der Waals surface area contributed by atoms with Crippen molar-refractivity contribution in [1.29, 1.82) is 0 Å². The van der Waals surface area contributed by atoms with E-state index in [9.17, 15) is 8.78 Å². The Morgan fingerprint density at radius 3 is 2.28 bits per heavy atom. The van der Waals surface area contributed by atoms with E-state index in [1.807, 2.05) is 27.7 Å². The molecule has 1 aromatic rings. The van der Waals surface area contributed by atoms with Crippen LogP contribution in [-0.4, -0.2) is 15.0 Å². The van der Waals surface area contributed by atoms with Gasteiger partial charge in [0, 0.05) is 13.5 Å². The summed E-state index contributed by atoms with van der Waals surface area (Å²) >= 11 is 0. The SMILES string of the molecule is CC.CC.Cn1nnc2c1C(F)(F)CCCCC2. The Morgan fingerprint density at radius 2 is 1.67 bits per heavy atom. The monoisotopic (exact) mass is 261 g/mol. The summed E-state index contributed by atoms with van der Waals surface area (Å²) < 4.78 is 28.5. The van der Waals surface area contributed by atoms with Crippen molar-refractivity contribution in [3.63, 3.8) is 0 Å². The highest BCUT2D eigenvalue weighted by atomic mass is 19.3. The van der Waals surface area contributed by atoms with Crippen LogP contribution < -0.4 is 0 Å². The predicted molar refractivity (Wildman–Crippen MR) is 69.8 cm³/mol. The molecule has 1 aliphatic carbocycles. The summed E-state index contributed by atoms with van der Waals surface area (Å²) in [4.78, 5) is 0. The van der Waals surface area contributed by atoms with Crippen LogP contribution in [0.4, 0.5) is 8.78 Å². The maximum atomic E-state index is 13.6. The summed E-state index contributed by atoms with van der Waals surface area (Å²) in [5.41, 5.74) is 0.481. The minimum Gasteiger partial charge on any atom is -0.246 e. The molecule has 0 bridgehead atoms. The molecule has 0 radical (unpaired) electrons. The van der Waals surface area contributed by atoms with Crippen LogP contribution in [0.25, 0.3) is 0 Å². The zero-order valence-corrected chi connectivity index (χ0v) is 12.1. The summed E-state index contributed by atoms with van der Waals surface area (Å²) in [6, 6.07) is 0. The molecule has 1 heterocycles. The van der Waals surface area contributed by atoms with E-state index in [1.54, 1.807) is 0 Å². The maximum Gasteiger partial charge on any atom is 0.291 e. The van der Waals surface area contributed by atoms with Gasteiger partial charge in [0.25, 0.3) is 5.92 Å². The smallest absolute Gasteiger partial charge is 0.246 e. The molecule has 0 unspecified atom stereocenters. The molecule has 1 aliphatic rings. The number of rotatable bonds is 0. The Morgan fingerprint density at radius 1 is 1.06 bits per heavy atom. The number of hydrogen-bond donors (Lipinski definition) is 0. The molecular formula is C13H25F2N3. The highest BCUT2D eigenvalue weighted by molar-refractivity contribution is 5.17. The Balaban J connectivity index is 0.000000659. The standard InChI is InChI=1S/C9H13F2N3.2C2H6/c1-14-8-7(12-13-14)5-3-2-4-6-9(8,10)11;2*1-2/h2-6H2,1H3;2*1-2H3. The molecule has 0 atom stereocenters. The number of halogens is 2. The van der Waals surface area contributed by atoms with E-state index in [0.717, 1.165) is 12.8 Å². The summed E-state index contributed by atoms with van der Waals surface area (Å²) in [6.45, 7) is 8.00. The van der Waals surface area contributed by atoms with E-state index in [4.69, 9.17) is 0 Å². The minimum atomic E-state index is -2.76. The molecule has 5 heteroatoms. The number of fused-ring (bicyclic) bond motifs is 1. The van der Waals surface area contributed by atoms with Crippen LogP contribution in [0.1, 0.15) is 64.8 Å². The number of aryl methyl sites for hydroxylation is 2. The molecule has 2 rings (SSSR count). The lowest BCUT2D eigenvalue weighted by molar-refractivity contribution is -0.0259. The third kappa shape index (κ3) is 4.03. The van der Waals surface area contributed by atoms with Crippen LogP contribution in [0, 0.1) is 0 Å². The average Bonchev–Trinajstić information content (AvgIpc) is 2.73. The van der Waals surface area contributed by atoms with Gasteiger partial charge < -0.3 is 0 Å². The zero-order valence-electron chi connectivity index (χ0n) is 12.1.